The van der Waals surface area contributed by atoms with Gasteiger partial charge in [-0.15, -0.1) is 0 Å². The number of hydrogen-bond acceptors (Lipinski definition) is 4. The zero-order valence-corrected chi connectivity index (χ0v) is 12.4. The Hall–Kier alpha value is -1.75. The number of benzene rings is 1. The number of carbonyl (C=O) groups excluding carboxylic acids is 1. The molecule has 5 nitrogen and oxygen atoms in total. The van der Waals surface area contributed by atoms with Gasteiger partial charge in [0.1, 0.15) is 11.4 Å². The number of nitrogens with one attached hydrogen (secondary N) is 1. The van der Waals surface area contributed by atoms with E-state index >= 15 is 0 Å². The minimum atomic E-state index is -0.535. The van der Waals surface area contributed by atoms with Crippen LogP contribution in [0, 0.1) is 0 Å². The van der Waals surface area contributed by atoms with Gasteiger partial charge in [0.15, 0.2) is 0 Å². The molecule has 1 aromatic rings. The zero-order chi connectivity index (χ0) is 15.0. The molecular weight excluding hydrogens is 256 g/mol. The van der Waals surface area contributed by atoms with Gasteiger partial charge in [-0.2, -0.15) is 0 Å². The summed E-state index contributed by atoms with van der Waals surface area (Å²) >= 11 is 0. The molecule has 0 atom stereocenters. The van der Waals surface area contributed by atoms with Gasteiger partial charge in [-0.1, -0.05) is 6.07 Å². The lowest BCUT2D eigenvalue weighted by molar-refractivity contribution is 0.0635. The van der Waals surface area contributed by atoms with Gasteiger partial charge in [-0.3, -0.25) is 5.32 Å². The SMILES string of the molecule is COc1cc(C2(N)CC2)ccc1NC(=O)OC(C)(C)C. The predicted molar refractivity (Wildman–Crippen MR) is 78.0 cm³/mol. The molecule has 0 saturated heterocycles. The van der Waals surface area contributed by atoms with Gasteiger partial charge >= 0.3 is 6.09 Å². The van der Waals surface area contributed by atoms with Gasteiger partial charge in [-0.05, 0) is 51.3 Å². The number of nitrogens with two attached hydrogens (primary N) is 1. The van der Waals surface area contributed by atoms with E-state index in [-0.39, 0.29) is 5.54 Å². The molecule has 1 aliphatic rings. The average molecular weight is 278 g/mol. The predicted octanol–water partition coefficient (Wildman–Crippen LogP) is 2.99. The van der Waals surface area contributed by atoms with E-state index in [0.29, 0.717) is 11.4 Å². The van der Waals surface area contributed by atoms with E-state index in [1.165, 1.54) is 0 Å². The molecule has 0 heterocycles. The molecule has 3 N–H and O–H groups in total. The van der Waals surface area contributed by atoms with Gasteiger partial charge in [0.05, 0.1) is 12.8 Å². The van der Waals surface area contributed by atoms with Crippen molar-refractivity contribution in [3.05, 3.63) is 23.8 Å². The quantitative estimate of drug-likeness (QED) is 0.891. The summed E-state index contributed by atoms with van der Waals surface area (Å²) in [6.07, 6.45) is 1.46. The topological polar surface area (TPSA) is 73.6 Å². The molecular formula is C15H22N2O3. The van der Waals surface area contributed by atoms with Crippen LogP contribution in [0.2, 0.25) is 0 Å². The maximum atomic E-state index is 11.8. The lowest BCUT2D eigenvalue weighted by atomic mass is 10.0. The summed E-state index contributed by atoms with van der Waals surface area (Å²) in [6, 6.07) is 5.59. The third-order valence-electron chi connectivity index (χ3n) is 3.20. The van der Waals surface area contributed by atoms with Crippen molar-refractivity contribution in [2.24, 2.45) is 5.73 Å². The molecule has 110 valence electrons. The molecule has 0 spiro atoms. The molecule has 0 bridgehead atoms. The van der Waals surface area contributed by atoms with E-state index in [9.17, 15) is 4.79 Å². The van der Waals surface area contributed by atoms with Crippen molar-refractivity contribution >= 4 is 11.8 Å². The Morgan fingerprint density at radius 1 is 1.35 bits per heavy atom. The largest absolute Gasteiger partial charge is 0.495 e. The second-order valence-electron chi connectivity index (χ2n) is 6.20. The highest BCUT2D eigenvalue weighted by Gasteiger charge is 2.40. The number of amides is 1. The van der Waals surface area contributed by atoms with Crippen LogP contribution in [0.1, 0.15) is 39.2 Å². The van der Waals surface area contributed by atoms with Crippen molar-refractivity contribution in [3.63, 3.8) is 0 Å². The fourth-order valence-electron chi connectivity index (χ4n) is 1.94. The molecule has 0 aromatic heterocycles. The summed E-state index contributed by atoms with van der Waals surface area (Å²) in [7, 11) is 1.56. The fourth-order valence-corrected chi connectivity index (χ4v) is 1.94. The Bertz CT molecular complexity index is 516. The number of carbonyl (C=O) groups is 1. The summed E-state index contributed by atoms with van der Waals surface area (Å²) in [5.41, 5.74) is 7.01. The number of ether oxygens (including phenoxy) is 2. The standard InChI is InChI=1S/C15H22N2O3/c1-14(2,3)20-13(18)17-11-6-5-10(9-12(11)19-4)15(16)7-8-15/h5-6,9H,7-8,16H2,1-4H3,(H,17,18). The highest BCUT2D eigenvalue weighted by Crippen LogP contribution is 2.44. The van der Waals surface area contributed by atoms with Crippen molar-refractivity contribution in [1.29, 1.82) is 0 Å². The maximum Gasteiger partial charge on any atom is 0.412 e. The highest BCUT2D eigenvalue weighted by molar-refractivity contribution is 5.87. The smallest absolute Gasteiger partial charge is 0.412 e. The molecule has 20 heavy (non-hydrogen) atoms. The first-order chi connectivity index (χ1) is 9.23. The van der Waals surface area contributed by atoms with Gasteiger partial charge in [-0.25, -0.2) is 4.79 Å². The van der Waals surface area contributed by atoms with E-state index in [4.69, 9.17) is 15.2 Å². The van der Waals surface area contributed by atoms with Crippen LogP contribution >= 0.6 is 0 Å². The Morgan fingerprint density at radius 2 is 2.00 bits per heavy atom. The fraction of sp³-hybridized carbons (Fsp3) is 0.533. The number of methoxy groups -OCH3 is 1. The zero-order valence-electron chi connectivity index (χ0n) is 12.4. The minimum absolute atomic E-state index is 0.224. The Labute approximate surface area is 119 Å². The first-order valence-corrected chi connectivity index (χ1v) is 6.71. The summed E-state index contributed by atoms with van der Waals surface area (Å²) in [5, 5.41) is 2.69. The first-order valence-electron chi connectivity index (χ1n) is 6.71. The number of rotatable bonds is 3. The third kappa shape index (κ3) is 3.42. The van der Waals surface area contributed by atoms with E-state index < -0.39 is 11.7 Å². The van der Waals surface area contributed by atoms with Gasteiger partial charge in [0.2, 0.25) is 0 Å². The average Bonchev–Trinajstić information content (AvgIpc) is 3.06. The van der Waals surface area contributed by atoms with E-state index in [0.717, 1.165) is 18.4 Å². The Balaban J connectivity index is 2.14. The van der Waals surface area contributed by atoms with E-state index in [1.54, 1.807) is 13.2 Å². The summed E-state index contributed by atoms with van der Waals surface area (Å²) in [5.74, 6) is 0.588. The Kier molecular flexibility index (Phi) is 3.65. The number of anilines is 1. The van der Waals surface area contributed by atoms with E-state index in [1.807, 2.05) is 32.9 Å². The van der Waals surface area contributed by atoms with Crippen molar-refractivity contribution in [2.45, 2.75) is 44.8 Å². The van der Waals surface area contributed by atoms with Crippen molar-refractivity contribution in [1.82, 2.24) is 0 Å². The maximum absolute atomic E-state index is 11.8. The molecule has 0 unspecified atom stereocenters. The summed E-state index contributed by atoms with van der Waals surface area (Å²) in [6.45, 7) is 5.45. The van der Waals surface area contributed by atoms with Crippen LogP contribution in [0.25, 0.3) is 0 Å². The Morgan fingerprint density at radius 3 is 2.50 bits per heavy atom. The second-order valence-corrected chi connectivity index (χ2v) is 6.20. The van der Waals surface area contributed by atoms with Crippen LogP contribution in [-0.2, 0) is 10.3 Å². The molecule has 0 aliphatic heterocycles. The molecule has 1 amide bonds. The van der Waals surface area contributed by atoms with Crippen molar-refractivity contribution in [2.75, 3.05) is 12.4 Å². The number of hydrogen-bond donors (Lipinski definition) is 2. The first kappa shape index (κ1) is 14.7. The molecule has 1 aliphatic carbocycles. The molecule has 0 radical (unpaired) electrons. The normalized spacial score (nSPS) is 16.4. The minimum Gasteiger partial charge on any atom is -0.495 e. The van der Waals surface area contributed by atoms with Crippen LogP contribution in [0.3, 0.4) is 0 Å². The molecule has 2 rings (SSSR count). The molecule has 1 fully saturated rings. The third-order valence-corrected chi connectivity index (χ3v) is 3.20. The van der Waals surface area contributed by atoms with Gasteiger partial charge in [0.25, 0.3) is 0 Å². The molecule has 1 saturated carbocycles. The van der Waals surface area contributed by atoms with Crippen LogP contribution in [0.5, 0.6) is 5.75 Å². The molecule has 1 aromatic carbocycles. The van der Waals surface area contributed by atoms with E-state index in [2.05, 4.69) is 5.32 Å². The molecule has 5 heteroatoms. The van der Waals surface area contributed by atoms with Crippen LogP contribution in [-0.4, -0.2) is 18.8 Å². The second kappa shape index (κ2) is 4.98. The van der Waals surface area contributed by atoms with Crippen LogP contribution in [0.15, 0.2) is 18.2 Å². The van der Waals surface area contributed by atoms with Crippen LogP contribution < -0.4 is 15.8 Å². The van der Waals surface area contributed by atoms with Crippen LogP contribution in [0.4, 0.5) is 10.5 Å². The van der Waals surface area contributed by atoms with Gasteiger partial charge < -0.3 is 15.2 Å². The summed E-state index contributed by atoms with van der Waals surface area (Å²) in [4.78, 5) is 11.8. The van der Waals surface area contributed by atoms with Gasteiger partial charge in [0, 0.05) is 5.54 Å². The van der Waals surface area contributed by atoms with Crippen molar-refractivity contribution in [3.8, 4) is 5.75 Å². The highest BCUT2D eigenvalue weighted by atomic mass is 16.6. The lowest BCUT2D eigenvalue weighted by Gasteiger charge is -2.20. The van der Waals surface area contributed by atoms with Crippen molar-refractivity contribution < 1.29 is 14.3 Å². The lowest BCUT2D eigenvalue weighted by Crippen LogP contribution is -2.27. The summed E-state index contributed by atoms with van der Waals surface area (Å²) < 4.78 is 10.5. The monoisotopic (exact) mass is 278 g/mol.